The summed E-state index contributed by atoms with van der Waals surface area (Å²) in [6.07, 6.45) is 5.23. The summed E-state index contributed by atoms with van der Waals surface area (Å²) in [7, 11) is 0. The lowest BCUT2D eigenvalue weighted by Crippen LogP contribution is -2.28. The molecule has 1 unspecified atom stereocenters. The van der Waals surface area contributed by atoms with Crippen molar-refractivity contribution in [2.45, 2.75) is 52.3 Å². The van der Waals surface area contributed by atoms with E-state index in [2.05, 4.69) is 22.5 Å². The van der Waals surface area contributed by atoms with Gasteiger partial charge < -0.3 is 14.5 Å². The average molecular weight is 379 g/mol. The van der Waals surface area contributed by atoms with Gasteiger partial charge in [0.1, 0.15) is 18.1 Å². The van der Waals surface area contributed by atoms with Crippen molar-refractivity contribution in [3.8, 4) is 5.75 Å². The number of nitrogens with one attached hydrogen (secondary N) is 1. The Hall–Kier alpha value is -3.02. The third-order valence-electron chi connectivity index (χ3n) is 5.18. The van der Waals surface area contributed by atoms with E-state index in [4.69, 9.17) is 9.15 Å². The molecule has 1 aliphatic rings. The summed E-state index contributed by atoms with van der Waals surface area (Å²) in [5.74, 6) is 1.49. The normalized spacial score (nSPS) is 13.9. The highest BCUT2D eigenvalue weighted by Crippen LogP contribution is 2.26. The Morgan fingerprint density at radius 1 is 1.25 bits per heavy atom. The number of aromatic nitrogens is 2. The summed E-state index contributed by atoms with van der Waals surface area (Å²) < 4.78 is 13.4. The average Bonchev–Trinajstić information content (AvgIpc) is 3.45. The van der Waals surface area contributed by atoms with Gasteiger partial charge in [-0.15, -0.1) is 0 Å². The molecule has 146 valence electrons. The number of amides is 1. The first kappa shape index (κ1) is 18.3. The molecule has 28 heavy (non-hydrogen) atoms. The third kappa shape index (κ3) is 3.81. The Kier molecular flexibility index (Phi) is 5.19. The molecule has 2 heterocycles. The summed E-state index contributed by atoms with van der Waals surface area (Å²) in [4.78, 5) is 12.5. The molecule has 6 heteroatoms. The molecule has 1 amide bonds. The van der Waals surface area contributed by atoms with Crippen molar-refractivity contribution in [2.24, 2.45) is 0 Å². The Morgan fingerprint density at radius 3 is 2.96 bits per heavy atom. The zero-order chi connectivity index (χ0) is 19.5. The monoisotopic (exact) mass is 379 g/mol. The molecule has 1 atom stereocenters. The van der Waals surface area contributed by atoms with Crippen LogP contribution in [0.1, 0.15) is 59.4 Å². The van der Waals surface area contributed by atoms with Gasteiger partial charge >= 0.3 is 0 Å². The zero-order valence-electron chi connectivity index (χ0n) is 16.3. The summed E-state index contributed by atoms with van der Waals surface area (Å²) in [5.41, 5.74) is 3.75. The standard InChI is InChI=1S/C22H25N3O3/c1-3-25-20(11-12-23-25)15(2)24-22(26)21-10-9-19(28-21)14-27-18-8-7-16-5-4-6-17(16)13-18/h7-13,15H,3-6,14H2,1-2H3,(H,24,26). The van der Waals surface area contributed by atoms with Crippen LogP contribution in [-0.2, 0) is 26.0 Å². The van der Waals surface area contributed by atoms with Crippen LogP contribution in [0.4, 0.5) is 0 Å². The highest BCUT2D eigenvalue weighted by atomic mass is 16.5. The fraction of sp³-hybridized carbons (Fsp3) is 0.364. The molecule has 0 saturated heterocycles. The van der Waals surface area contributed by atoms with E-state index >= 15 is 0 Å². The van der Waals surface area contributed by atoms with Crippen LogP contribution in [0.25, 0.3) is 0 Å². The molecule has 0 fully saturated rings. The predicted octanol–water partition coefficient (Wildman–Crippen LogP) is 4.05. The number of hydrogen-bond acceptors (Lipinski definition) is 4. The fourth-order valence-electron chi connectivity index (χ4n) is 3.69. The van der Waals surface area contributed by atoms with Gasteiger partial charge in [-0.3, -0.25) is 9.48 Å². The van der Waals surface area contributed by atoms with Gasteiger partial charge in [-0.2, -0.15) is 5.10 Å². The minimum absolute atomic E-state index is 0.161. The molecule has 0 saturated carbocycles. The van der Waals surface area contributed by atoms with Gasteiger partial charge in [0.05, 0.1) is 11.7 Å². The van der Waals surface area contributed by atoms with Crippen LogP contribution < -0.4 is 10.1 Å². The van der Waals surface area contributed by atoms with E-state index < -0.39 is 0 Å². The Morgan fingerprint density at radius 2 is 2.11 bits per heavy atom. The minimum atomic E-state index is -0.250. The van der Waals surface area contributed by atoms with Crippen molar-refractivity contribution >= 4 is 5.91 Å². The molecule has 3 aromatic rings. The number of furan rings is 1. The summed E-state index contributed by atoms with van der Waals surface area (Å²) in [6.45, 7) is 5.00. The molecule has 0 radical (unpaired) electrons. The Bertz CT molecular complexity index is 973. The maximum Gasteiger partial charge on any atom is 0.287 e. The van der Waals surface area contributed by atoms with Crippen LogP contribution in [0.5, 0.6) is 5.75 Å². The molecule has 0 bridgehead atoms. The fourth-order valence-corrected chi connectivity index (χ4v) is 3.69. The number of rotatable bonds is 7. The van der Waals surface area contributed by atoms with E-state index in [1.165, 1.54) is 17.5 Å². The second-order valence-corrected chi connectivity index (χ2v) is 7.11. The summed E-state index contributed by atoms with van der Waals surface area (Å²) in [6, 6.07) is 11.5. The lowest BCUT2D eigenvalue weighted by atomic mass is 10.1. The summed E-state index contributed by atoms with van der Waals surface area (Å²) in [5, 5.41) is 7.19. The van der Waals surface area contributed by atoms with Crippen molar-refractivity contribution in [1.29, 1.82) is 0 Å². The van der Waals surface area contributed by atoms with Crippen LogP contribution in [0.15, 0.2) is 47.0 Å². The molecule has 0 aliphatic heterocycles. The Labute approximate surface area is 164 Å². The van der Waals surface area contributed by atoms with E-state index in [0.29, 0.717) is 12.4 Å². The van der Waals surface area contributed by atoms with Crippen LogP contribution in [0.3, 0.4) is 0 Å². The van der Waals surface area contributed by atoms with E-state index in [1.807, 2.05) is 30.7 Å². The molecule has 1 aliphatic carbocycles. The second-order valence-electron chi connectivity index (χ2n) is 7.11. The predicted molar refractivity (Wildman–Crippen MR) is 105 cm³/mol. The first-order valence-electron chi connectivity index (χ1n) is 9.80. The van der Waals surface area contributed by atoms with Gasteiger partial charge in [-0.1, -0.05) is 6.07 Å². The molecule has 1 aromatic carbocycles. The number of benzene rings is 1. The maximum atomic E-state index is 12.5. The van der Waals surface area contributed by atoms with Crippen molar-refractivity contribution in [3.05, 3.63) is 70.9 Å². The second kappa shape index (κ2) is 7.92. The van der Waals surface area contributed by atoms with Crippen LogP contribution in [0, 0.1) is 0 Å². The quantitative estimate of drug-likeness (QED) is 0.672. The lowest BCUT2D eigenvalue weighted by molar-refractivity contribution is 0.0906. The SMILES string of the molecule is CCn1nccc1C(C)NC(=O)c1ccc(COc2ccc3c(c2)CCC3)o1. The van der Waals surface area contributed by atoms with Gasteiger partial charge in [0.2, 0.25) is 0 Å². The van der Waals surface area contributed by atoms with Gasteiger partial charge in [0.15, 0.2) is 5.76 Å². The number of nitrogens with zero attached hydrogens (tertiary/aromatic N) is 2. The number of fused-ring (bicyclic) bond motifs is 1. The topological polar surface area (TPSA) is 69.3 Å². The minimum Gasteiger partial charge on any atom is -0.486 e. The third-order valence-corrected chi connectivity index (χ3v) is 5.18. The number of carbonyl (C=O) groups excluding carboxylic acids is 1. The molecular formula is C22H25N3O3. The molecule has 2 aromatic heterocycles. The van der Waals surface area contributed by atoms with Crippen LogP contribution >= 0.6 is 0 Å². The van der Waals surface area contributed by atoms with Crippen molar-refractivity contribution in [2.75, 3.05) is 0 Å². The zero-order valence-corrected chi connectivity index (χ0v) is 16.3. The van der Waals surface area contributed by atoms with Gasteiger partial charge in [-0.05, 0) is 74.6 Å². The molecule has 4 rings (SSSR count). The summed E-state index contributed by atoms with van der Waals surface area (Å²) >= 11 is 0. The number of carbonyl (C=O) groups is 1. The number of hydrogen-bond donors (Lipinski definition) is 1. The number of ether oxygens (including phenoxy) is 1. The van der Waals surface area contributed by atoms with Gasteiger partial charge in [0, 0.05) is 12.7 Å². The van der Waals surface area contributed by atoms with E-state index in [1.54, 1.807) is 18.3 Å². The van der Waals surface area contributed by atoms with Crippen LogP contribution in [0.2, 0.25) is 0 Å². The largest absolute Gasteiger partial charge is 0.486 e. The van der Waals surface area contributed by atoms with E-state index in [9.17, 15) is 4.79 Å². The van der Waals surface area contributed by atoms with E-state index in [0.717, 1.165) is 30.8 Å². The smallest absolute Gasteiger partial charge is 0.287 e. The van der Waals surface area contributed by atoms with E-state index in [-0.39, 0.29) is 17.7 Å². The molecule has 6 nitrogen and oxygen atoms in total. The first-order chi connectivity index (χ1) is 13.6. The Balaban J connectivity index is 1.35. The van der Waals surface area contributed by atoms with Gasteiger partial charge in [0.25, 0.3) is 5.91 Å². The van der Waals surface area contributed by atoms with Crippen molar-refractivity contribution in [1.82, 2.24) is 15.1 Å². The first-order valence-corrected chi connectivity index (χ1v) is 9.80. The van der Waals surface area contributed by atoms with Gasteiger partial charge in [-0.25, -0.2) is 0 Å². The van der Waals surface area contributed by atoms with Crippen molar-refractivity contribution in [3.63, 3.8) is 0 Å². The lowest BCUT2D eigenvalue weighted by Gasteiger charge is -2.14. The highest BCUT2D eigenvalue weighted by Gasteiger charge is 2.18. The maximum absolute atomic E-state index is 12.5. The highest BCUT2D eigenvalue weighted by molar-refractivity contribution is 5.91. The molecule has 0 spiro atoms. The molecule has 1 N–H and O–H groups in total. The van der Waals surface area contributed by atoms with Crippen molar-refractivity contribution < 1.29 is 13.9 Å². The number of aryl methyl sites for hydroxylation is 3. The van der Waals surface area contributed by atoms with Crippen LogP contribution in [-0.4, -0.2) is 15.7 Å². The molecular weight excluding hydrogens is 354 g/mol.